The van der Waals surface area contributed by atoms with Gasteiger partial charge >= 0.3 is 0 Å². The summed E-state index contributed by atoms with van der Waals surface area (Å²) in [6.07, 6.45) is 2.11. The first kappa shape index (κ1) is 13.5. The van der Waals surface area contributed by atoms with E-state index in [-0.39, 0.29) is 0 Å². The fourth-order valence-corrected chi connectivity index (χ4v) is 4.14. The number of aromatic nitrogens is 1. The Kier molecular flexibility index (Phi) is 2.69. The quantitative estimate of drug-likeness (QED) is 0.371. The minimum Gasteiger partial charge on any atom is -0.201 e. The van der Waals surface area contributed by atoms with Gasteiger partial charge in [0.1, 0.15) is 7.05 Å². The topological polar surface area (TPSA) is 3.88 Å². The second-order valence-corrected chi connectivity index (χ2v) is 6.57. The van der Waals surface area contributed by atoms with Gasteiger partial charge in [0.15, 0.2) is 6.20 Å². The Labute approximate surface area is 141 Å². The molecular weight excluding hydrogens is 290 g/mol. The summed E-state index contributed by atoms with van der Waals surface area (Å²) in [5.74, 6) is 0. The Morgan fingerprint density at radius 3 is 2.21 bits per heavy atom. The maximum absolute atomic E-state index is 2.29. The lowest BCUT2D eigenvalue weighted by Crippen LogP contribution is -2.30. The number of aryl methyl sites for hydroxylation is 1. The van der Waals surface area contributed by atoms with Crippen LogP contribution in [0.5, 0.6) is 0 Å². The molecule has 0 aliphatic heterocycles. The highest BCUT2D eigenvalue weighted by Gasteiger charge is 2.25. The van der Waals surface area contributed by atoms with Gasteiger partial charge in [-0.15, -0.1) is 0 Å². The van der Waals surface area contributed by atoms with E-state index in [4.69, 9.17) is 0 Å². The van der Waals surface area contributed by atoms with Crippen molar-refractivity contribution in [2.45, 2.75) is 6.92 Å². The van der Waals surface area contributed by atoms with Crippen molar-refractivity contribution in [3.63, 3.8) is 0 Å². The molecule has 1 nitrogen and oxygen atoms in total. The Morgan fingerprint density at radius 2 is 1.42 bits per heavy atom. The molecule has 3 aromatic carbocycles. The van der Waals surface area contributed by atoms with E-state index < -0.39 is 0 Å². The van der Waals surface area contributed by atoms with E-state index >= 15 is 0 Å². The molecule has 0 bridgehead atoms. The van der Waals surface area contributed by atoms with Crippen molar-refractivity contribution < 1.29 is 4.57 Å². The minimum absolute atomic E-state index is 1.25. The molecule has 0 saturated carbocycles. The minimum atomic E-state index is 1.25. The van der Waals surface area contributed by atoms with Crippen molar-refractivity contribution in [2.24, 2.45) is 7.05 Å². The number of nitrogens with zero attached hydrogens (tertiary/aromatic N) is 1. The SMILES string of the molecule is Cc1c(-c2cccc[n+]2C)ccc2c1-c1cccc3cccc-2c13. The van der Waals surface area contributed by atoms with Gasteiger partial charge in [-0.2, -0.15) is 0 Å². The third kappa shape index (κ3) is 1.67. The van der Waals surface area contributed by atoms with Gasteiger partial charge in [-0.1, -0.05) is 42.5 Å². The summed E-state index contributed by atoms with van der Waals surface area (Å²) in [7, 11) is 2.11. The second kappa shape index (κ2) is 4.78. The monoisotopic (exact) mass is 308 g/mol. The molecule has 114 valence electrons. The molecule has 1 aliphatic carbocycles. The molecule has 0 N–H and O–H groups in total. The molecule has 0 unspecified atom stereocenters. The smallest absolute Gasteiger partial charge is 0.201 e. The molecule has 0 radical (unpaired) electrons. The van der Waals surface area contributed by atoms with E-state index in [1.807, 2.05) is 0 Å². The summed E-state index contributed by atoms with van der Waals surface area (Å²) in [5.41, 5.74) is 9.41. The molecule has 0 amide bonds. The molecule has 0 atom stereocenters. The molecule has 4 aromatic rings. The van der Waals surface area contributed by atoms with Crippen LogP contribution in [0.15, 0.2) is 72.9 Å². The highest BCUT2D eigenvalue weighted by Crippen LogP contribution is 2.49. The number of hydrogen-bond acceptors (Lipinski definition) is 0. The summed E-state index contributed by atoms with van der Waals surface area (Å²) in [4.78, 5) is 0. The van der Waals surface area contributed by atoms with E-state index in [0.29, 0.717) is 0 Å². The summed E-state index contributed by atoms with van der Waals surface area (Å²) in [6, 6.07) is 24.2. The lowest BCUT2D eigenvalue weighted by Gasteiger charge is -2.11. The van der Waals surface area contributed by atoms with Gasteiger partial charge in [0.25, 0.3) is 0 Å². The number of rotatable bonds is 1. The molecule has 0 fully saturated rings. The van der Waals surface area contributed by atoms with Crippen LogP contribution < -0.4 is 4.57 Å². The molecule has 0 spiro atoms. The van der Waals surface area contributed by atoms with Gasteiger partial charge < -0.3 is 0 Å². The summed E-state index contributed by atoms with van der Waals surface area (Å²) in [6.45, 7) is 2.26. The normalized spacial score (nSPS) is 11.8. The van der Waals surface area contributed by atoms with Gasteiger partial charge in [-0.05, 0) is 57.6 Å². The zero-order chi connectivity index (χ0) is 16.3. The fourth-order valence-electron chi connectivity index (χ4n) is 4.14. The third-order valence-corrected chi connectivity index (χ3v) is 5.26. The Hall–Kier alpha value is -2.93. The largest absolute Gasteiger partial charge is 0.212 e. The number of hydrogen-bond donors (Lipinski definition) is 0. The van der Waals surface area contributed by atoms with Crippen LogP contribution in [-0.4, -0.2) is 0 Å². The predicted octanol–water partition coefficient (Wildman–Crippen LogP) is 5.29. The molecule has 1 heterocycles. The van der Waals surface area contributed by atoms with Crippen LogP contribution >= 0.6 is 0 Å². The fraction of sp³-hybridized carbons (Fsp3) is 0.0870. The molecule has 1 heteroatoms. The Bertz CT molecular complexity index is 1120. The van der Waals surface area contributed by atoms with E-state index in [0.717, 1.165) is 0 Å². The average Bonchev–Trinajstić information content (AvgIpc) is 2.94. The van der Waals surface area contributed by atoms with Crippen LogP contribution in [0.1, 0.15) is 5.56 Å². The van der Waals surface area contributed by atoms with Crippen LogP contribution in [0, 0.1) is 6.92 Å². The number of benzene rings is 3. The summed E-state index contributed by atoms with van der Waals surface area (Å²) < 4.78 is 2.19. The highest BCUT2D eigenvalue weighted by molar-refractivity contribution is 6.16. The summed E-state index contributed by atoms with van der Waals surface area (Å²) in [5, 5.41) is 2.72. The molecule has 0 saturated heterocycles. The third-order valence-electron chi connectivity index (χ3n) is 5.26. The van der Waals surface area contributed by atoms with Crippen LogP contribution in [0.4, 0.5) is 0 Å². The molecule has 1 aliphatic rings. The van der Waals surface area contributed by atoms with Crippen LogP contribution in [-0.2, 0) is 7.05 Å². The maximum atomic E-state index is 2.29. The number of fused-ring (bicyclic) bond motifs is 3. The van der Waals surface area contributed by atoms with E-state index in [1.165, 1.54) is 49.8 Å². The highest BCUT2D eigenvalue weighted by atomic mass is 14.9. The van der Waals surface area contributed by atoms with Crippen LogP contribution in [0.25, 0.3) is 44.3 Å². The van der Waals surface area contributed by atoms with Crippen molar-refractivity contribution in [1.82, 2.24) is 0 Å². The van der Waals surface area contributed by atoms with E-state index in [2.05, 4.69) is 91.5 Å². The zero-order valence-corrected chi connectivity index (χ0v) is 13.9. The van der Waals surface area contributed by atoms with Gasteiger partial charge in [-0.25, -0.2) is 4.57 Å². The second-order valence-electron chi connectivity index (χ2n) is 6.57. The van der Waals surface area contributed by atoms with Crippen molar-refractivity contribution in [3.8, 4) is 33.5 Å². The predicted molar refractivity (Wildman–Crippen MR) is 99.7 cm³/mol. The van der Waals surface area contributed by atoms with Crippen molar-refractivity contribution >= 4 is 10.8 Å². The van der Waals surface area contributed by atoms with E-state index in [1.54, 1.807) is 0 Å². The molecular formula is C23H18N+. The van der Waals surface area contributed by atoms with Crippen LogP contribution in [0.3, 0.4) is 0 Å². The molecule has 24 heavy (non-hydrogen) atoms. The van der Waals surface area contributed by atoms with Crippen LogP contribution in [0.2, 0.25) is 0 Å². The average molecular weight is 308 g/mol. The van der Waals surface area contributed by atoms with Crippen molar-refractivity contribution in [1.29, 1.82) is 0 Å². The first-order valence-electron chi connectivity index (χ1n) is 8.37. The zero-order valence-electron chi connectivity index (χ0n) is 13.9. The lowest BCUT2D eigenvalue weighted by molar-refractivity contribution is -0.660. The van der Waals surface area contributed by atoms with Crippen molar-refractivity contribution in [2.75, 3.05) is 0 Å². The molecule has 5 rings (SSSR count). The Morgan fingerprint density at radius 1 is 0.667 bits per heavy atom. The van der Waals surface area contributed by atoms with Gasteiger partial charge in [0, 0.05) is 17.7 Å². The van der Waals surface area contributed by atoms with Gasteiger partial charge in [-0.3, -0.25) is 0 Å². The molecule has 1 aromatic heterocycles. The summed E-state index contributed by atoms with van der Waals surface area (Å²) >= 11 is 0. The lowest BCUT2D eigenvalue weighted by atomic mass is 9.93. The first-order chi connectivity index (χ1) is 11.8. The maximum Gasteiger partial charge on any atom is 0.212 e. The van der Waals surface area contributed by atoms with Gasteiger partial charge in [0.05, 0.1) is 0 Å². The standard InChI is InChI=1S/C23H18N/c1-15-17(21-11-3-4-14-24(21)2)12-13-19-18-9-5-7-16-8-6-10-20(22(15)19)23(16)18/h3-14H,1-2H3/q+1. The van der Waals surface area contributed by atoms with Crippen molar-refractivity contribution in [3.05, 3.63) is 78.5 Å². The number of pyridine rings is 1. The van der Waals surface area contributed by atoms with E-state index in [9.17, 15) is 0 Å². The Balaban J connectivity index is 1.87. The first-order valence-corrected chi connectivity index (χ1v) is 8.37. The van der Waals surface area contributed by atoms with Gasteiger partial charge in [0.2, 0.25) is 5.69 Å².